The number of piperidine rings is 1. The Morgan fingerprint density at radius 1 is 1.25 bits per heavy atom. The van der Waals surface area contributed by atoms with Crippen LogP contribution >= 0.6 is 0 Å². The summed E-state index contributed by atoms with van der Waals surface area (Å²) in [4.78, 5) is 16.8. The number of halogens is 3. The first-order chi connectivity index (χ1) is 13.4. The fourth-order valence-electron chi connectivity index (χ4n) is 3.57. The third kappa shape index (κ3) is 3.80. The van der Waals surface area contributed by atoms with Gasteiger partial charge in [0.05, 0.1) is 11.9 Å². The summed E-state index contributed by atoms with van der Waals surface area (Å²) in [6, 6.07) is 3.12. The second-order valence-corrected chi connectivity index (χ2v) is 7.20. The number of nitrogens with one attached hydrogen (secondary N) is 2. The molecule has 148 valence electrons. The van der Waals surface area contributed by atoms with Gasteiger partial charge in [0, 0.05) is 31.5 Å². The number of alkyl halides is 2. The smallest absolute Gasteiger partial charge is 0.304 e. The molecule has 0 aromatic carbocycles. The molecule has 0 bridgehead atoms. The van der Waals surface area contributed by atoms with Crippen molar-refractivity contribution in [2.45, 2.75) is 31.7 Å². The molecular weight excluding hydrogens is 369 g/mol. The van der Waals surface area contributed by atoms with Gasteiger partial charge in [-0.25, -0.2) is 14.4 Å². The lowest BCUT2D eigenvalue weighted by molar-refractivity contribution is -0.0486. The predicted molar refractivity (Wildman–Crippen MR) is 99.8 cm³/mol. The summed E-state index contributed by atoms with van der Waals surface area (Å²) < 4.78 is 43.0. The highest BCUT2D eigenvalue weighted by molar-refractivity contribution is 5.86. The summed E-state index contributed by atoms with van der Waals surface area (Å²) in [5.74, 6) is -3.55. The Morgan fingerprint density at radius 2 is 2.04 bits per heavy atom. The monoisotopic (exact) mass is 390 g/mol. The van der Waals surface area contributed by atoms with Crippen LogP contribution in [0.4, 0.5) is 19.0 Å². The van der Waals surface area contributed by atoms with Crippen molar-refractivity contribution >= 4 is 16.9 Å². The van der Waals surface area contributed by atoms with Gasteiger partial charge in [-0.2, -0.15) is 8.78 Å². The van der Waals surface area contributed by atoms with Crippen LogP contribution in [0, 0.1) is 12.7 Å². The van der Waals surface area contributed by atoms with Crippen molar-refractivity contribution in [3.05, 3.63) is 47.9 Å². The molecular formula is C19H21F3N6. The van der Waals surface area contributed by atoms with E-state index in [1.807, 2.05) is 6.07 Å². The van der Waals surface area contributed by atoms with E-state index >= 15 is 0 Å². The van der Waals surface area contributed by atoms with Gasteiger partial charge in [-0.3, -0.25) is 9.88 Å². The molecule has 1 aliphatic heterocycles. The van der Waals surface area contributed by atoms with Crippen molar-refractivity contribution < 1.29 is 13.2 Å². The molecule has 0 radical (unpaired) electrons. The van der Waals surface area contributed by atoms with Crippen LogP contribution in [0.15, 0.2) is 30.9 Å². The van der Waals surface area contributed by atoms with Gasteiger partial charge in [0.15, 0.2) is 5.82 Å². The van der Waals surface area contributed by atoms with E-state index in [1.54, 1.807) is 18.0 Å². The maximum atomic E-state index is 14.5. The zero-order valence-corrected chi connectivity index (χ0v) is 15.4. The number of nitrogens with zero attached hydrogens (tertiary/aromatic N) is 4. The topological polar surface area (TPSA) is 69.7 Å². The number of aromatic amines is 1. The van der Waals surface area contributed by atoms with E-state index in [0.717, 1.165) is 22.9 Å². The number of H-pyrrole nitrogens is 1. The molecule has 2 N–H and O–H groups in total. The zero-order chi connectivity index (χ0) is 19.7. The van der Waals surface area contributed by atoms with Crippen LogP contribution in [-0.4, -0.2) is 50.5 Å². The minimum absolute atomic E-state index is 0.132. The number of fused-ring (bicyclic) bond motifs is 1. The molecule has 0 atom stereocenters. The molecule has 0 aliphatic carbocycles. The molecule has 1 saturated heterocycles. The molecule has 1 fully saturated rings. The summed E-state index contributed by atoms with van der Waals surface area (Å²) in [6.07, 6.45) is 5.94. The standard InChI is InChI=1S/C19H21F3N6/c1-12-8-15(20)16(24-9-12)19(21,22)10-28-6-3-13(4-7-28)27-18-14-2-5-23-17(14)25-11-26-18/h2,5,8-9,11,13H,3-4,6-7,10H2,1H3,(H2,23,25,26,27). The Labute approximate surface area is 160 Å². The summed E-state index contributed by atoms with van der Waals surface area (Å²) in [7, 11) is 0. The number of aryl methyl sites for hydroxylation is 1. The summed E-state index contributed by atoms with van der Waals surface area (Å²) in [5.41, 5.74) is 0.488. The number of hydrogen-bond donors (Lipinski definition) is 2. The molecule has 4 heterocycles. The lowest BCUT2D eigenvalue weighted by atomic mass is 10.0. The van der Waals surface area contributed by atoms with Gasteiger partial charge in [-0.05, 0) is 37.5 Å². The number of likely N-dealkylation sites (tertiary alicyclic amines) is 1. The van der Waals surface area contributed by atoms with E-state index in [4.69, 9.17) is 0 Å². The van der Waals surface area contributed by atoms with Gasteiger partial charge in [0.1, 0.15) is 23.5 Å². The van der Waals surface area contributed by atoms with Crippen molar-refractivity contribution in [3.8, 4) is 0 Å². The number of pyridine rings is 1. The first kappa shape index (κ1) is 18.7. The largest absolute Gasteiger partial charge is 0.367 e. The fraction of sp³-hybridized carbons (Fsp3) is 0.421. The Hall–Kier alpha value is -2.68. The molecule has 0 saturated carbocycles. The van der Waals surface area contributed by atoms with Crippen LogP contribution in [0.5, 0.6) is 0 Å². The van der Waals surface area contributed by atoms with Gasteiger partial charge in [0.25, 0.3) is 0 Å². The first-order valence-corrected chi connectivity index (χ1v) is 9.20. The predicted octanol–water partition coefficient (Wildman–Crippen LogP) is 3.47. The molecule has 3 aromatic rings. The van der Waals surface area contributed by atoms with E-state index in [1.165, 1.54) is 12.5 Å². The van der Waals surface area contributed by atoms with Crippen LogP contribution in [-0.2, 0) is 5.92 Å². The maximum Gasteiger partial charge on any atom is 0.304 e. The first-order valence-electron chi connectivity index (χ1n) is 9.20. The van der Waals surface area contributed by atoms with Crippen LogP contribution in [0.3, 0.4) is 0 Å². The van der Waals surface area contributed by atoms with Gasteiger partial charge in [-0.15, -0.1) is 0 Å². The summed E-state index contributed by atoms with van der Waals surface area (Å²) in [6.45, 7) is 2.06. The third-order valence-corrected chi connectivity index (χ3v) is 5.03. The average Bonchev–Trinajstić information content (AvgIpc) is 3.12. The molecule has 0 amide bonds. The molecule has 4 rings (SSSR count). The quantitative estimate of drug-likeness (QED) is 0.698. The molecule has 0 spiro atoms. The number of hydrogen-bond acceptors (Lipinski definition) is 5. The SMILES string of the molecule is Cc1cnc(C(F)(F)CN2CCC(Nc3ncnc4[nH]ccc34)CC2)c(F)c1. The molecule has 1 aliphatic rings. The van der Waals surface area contributed by atoms with Crippen LogP contribution in [0.25, 0.3) is 11.0 Å². The molecule has 0 unspecified atom stereocenters. The van der Waals surface area contributed by atoms with E-state index in [9.17, 15) is 13.2 Å². The highest BCUT2D eigenvalue weighted by atomic mass is 19.3. The highest BCUT2D eigenvalue weighted by Crippen LogP contribution is 2.31. The highest BCUT2D eigenvalue weighted by Gasteiger charge is 2.39. The van der Waals surface area contributed by atoms with E-state index in [2.05, 4.69) is 25.3 Å². The normalized spacial score (nSPS) is 16.6. The molecule has 9 heteroatoms. The summed E-state index contributed by atoms with van der Waals surface area (Å²) >= 11 is 0. The minimum Gasteiger partial charge on any atom is -0.367 e. The third-order valence-electron chi connectivity index (χ3n) is 5.03. The van der Waals surface area contributed by atoms with Crippen molar-refractivity contribution in [2.75, 3.05) is 25.0 Å². The van der Waals surface area contributed by atoms with Crippen LogP contribution in [0.2, 0.25) is 0 Å². The van der Waals surface area contributed by atoms with E-state index < -0.39 is 24.0 Å². The lowest BCUT2D eigenvalue weighted by Crippen LogP contribution is -2.44. The Bertz CT molecular complexity index is 965. The van der Waals surface area contributed by atoms with Crippen molar-refractivity contribution in [2.24, 2.45) is 0 Å². The molecule has 6 nitrogen and oxygen atoms in total. The van der Waals surface area contributed by atoms with Gasteiger partial charge in [-0.1, -0.05) is 0 Å². The lowest BCUT2D eigenvalue weighted by Gasteiger charge is -2.34. The Kier molecular flexibility index (Phi) is 4.92. The maximum absolute atomic E-state index is 14.5. The second-order valence-electron chi connectivity index (χ2n) is 7.20. The average molecular weight is 390 g/mol. The van der Waals surface area contributed by atoms with Gasteiger partial charge < -0.3 is 10.3 Å². The van der Waals surface area contributed by atoms with Gasteiger partial charge >= 0.3 is 5.92 Å². The molecule has 28 heavy (non-hydrogen) atoms. The second kappa shape index (κ2) is 7.38. The summed E-state index contributed by atoms with van der Waals surface area (Å²) in [5, 5.41) is 4.28. The number of aromatic nitrogens is 4. The van der Waals surface area contributed by atoms with Crippen molar-refractivity contribution in [1.29, 1.82) is 0 Å². The van der Waals surface area contributed by atoms with E-state index in [-0.39, 0.29) is 6.04 Å². The van der Waals surface area contributed by atoms with Crippen LogP contribution < -0.4 is 5.32 Å². The number of rotatable bonds is 5. The Morgan fingerprint density at radius 3 is 2.79 bits per heavy atom. The number of anilines is 1. The van der Waals surface area contributed by atoms with Crippen molar-refractivity contribution in [1.82, 2.24) is 24.8 Å². The van der Waals surface area contributed by atoms with E-state index in [0.29, 0.717) is 31.5 Å². The fourth-order valence-corrected chi connectivity index (χ4v) is 3.57. The minimum atomic E-state index is -3.33. The zero-order valence-electron chi connectivity index (χ0n) is 15.4. The van der Waals surface area contributed by atoms with Crippen LogP contribution in [0.1, 0.15) is 24.1 Å². The van der Waals surface area contributed by atoms with Gasteiger partial charge in [0.2, 0.25) is 0 Å². The molecule has 3 aromatic heterocycles. The Balaban J connectivity index is 1.37. The van der Waals surface area contributed by atoms with Crippen molar-refractivity contribution in [3.63, 3.8) is 0 Å².